The highest BCUT2D eigenvalue weighted by atomic mass is 16.4. The highest BCUT2D eigenvalue weighted by Gasteiger charge is 2.19. The largest absolute Gasteiger partial charge is 0.510 e. The van der Waals surface area contributed by atoms with Gasteiger partial charge in [-0.05, 0) is 111 Å². The molecule has 0 aliphatic heterocycles. The van der Waals surface area contributed by atoms with Crippen LogP contribution in [0.5, 0.6) is 0 Å². The predicted octanol–water partition coefficient (Wildman–Crippen LogP) is 8.31. The number of carbonyl (C=O) groups is 6. The van der Waals surface area contributed by atoms with Crippen molar-refractivity contribution in [2.45, 2.75) is 41.5 Å². The number of carbonyl (C=O) groups excluding carboxylic acids is 4. The normalized spacial score (nSPS) is 12.0. The van der Waals surface area contributed by atoms with Gasteiger partial charge in [-0.2, -0.15) is 0 Å². The first-order chi connectivity index (χ1) is 27.3. The number of aryl methyl sites for hydroxylation is 2. The first-order valence-electron chi connectivity index (χ1n) is 17.1. The zero-order valence-corrected chi connectivity index (χ0v) is 32.0. The van der Waals surface area contributed by atoms with Gasteiger partial charge in [0.1, 0.15) is 22.9 Å². The molecule has 0 aliphatic rings. The number of anilines is 4. The second-order valence-electron chi connectivity index (χ2n) is 12.7. The van der Waals surface area contributed by atoms with Crippen LogP contribution in [-0.4, -0.2) is 56.0 Å². The lowest BCUT2D eigenvalue weighted by atomic mass is 10.00. The predicted molar refractivity (Wildman–Crippen MR) is 214 cm³/mol. The Balaban J connectivity index is 1.49. The van der Waals surface area contributed by atoms with Crippen LogP contribution < -0.4 is 21.3 Å². The number of allylic oxidation sites excluding steroid dienone is 2. The number of carboxylic acids is 2. The molecule has 0 bridgehead atoms. The monoisotopic (exact) mass is 790 g/mol. The molecule has 0 heterocycles. The maximum absolute atomic E-state index is 13.2. The van der Waals surface area contributed by atoms with Crippen LogP contribution in [0.4, 0.5) is 34.1 Å². The molecule has 298 valence electrons. The maximum atomic E-state index is 13.2. The van der Waals surface area contributed by atoms with E-state index < -0.39 is 58.5 Å². The SMILES string of the molecule is CC(=O)Nc1ccc(N=NC(C(=O)Nc2ccc(-c3ccc(NC(=O)C(N=Nc4ccc(NC(C)=O)cc4C(=O)O)=C(C)O)c(C)c3)cc2C)=C(C)O)c(C(=O)O)c1. The van der Waals surface area contributed by atoms with E-state index in [0.29, 0.717) is 22.5 Å². The molecule has 4 aromatic carbocycles. The van der Waals surface area contributed by atoms with Gasteiger partial charge >= 0.3 is 11.9 Å². The van der Waals surface area contributed by atoms with Gasteiger partial charge in [0.15, 0.2) is 11.4 Å². The van der Waals surface area contributed by atoms with Crippen molar-refractivity contribution in [3.05, 3.63) is 118 Å². The molecule has 0 saturated heterocycles. The van der Waals surface area contributed by atoms with Crippen molar-refractivity contribution in [1.29, 1.82) is 0 Å². The topological polar surface area (TPSA) is 281 Å². The van der Waals surface area contributed by atoms with Crippen LogP contribution in [0.2, 0.25) is 0 Å². The third-order valence-corrected chi connectivity index (χ3v) is 8.01. The molecule has 8 N–H and O–H groups in total. The highest BCUT2D eigenvalue weighted by Crippen LogP contribution is 2.30. The summed E-state index contributed by atoms with van der Waals surface area (Å²) in [7, 11) is 0. The Bertz CT molecular complexity index is 2310. The minimum Gasteiger partial charge on any atom is -0.510 e. The Morgan fingerprint density at radius 2 is 0.845 bits per heavy atom. The van der Waals surface area contributed by atoms with Crippen LogP contribution in [0.15, 0.2) is 116 Å². The molecule has 4 aromatic rings. The number of hydrogen-bond acceptors (Lipinski definition) is 12. The molecule has 0 aliphatic carbocycles. The summed E-state index contributed by atoms with van der Waals surface area (Å²) in [4.78, 5) is 72.7. The lowest BCUT2D eigenvalue weighted by Crippen LogP contribution is -2.15. The molecule has 58 heavy (non-hydrogen) atoms. The number of nitrogens with zero attached hydrogens (tertiary/aromatic N) is 4. The van der Waals surface area contributed by atoms with E-state index in [1.807, 2.05) is 0 Å². The Hall–Kier alpha value is -8.02. The summed E-state index contributed by atoms with van der Waals surface area (Å²) in [6, 6.07) is 18.1. The third kappa shape index (κ3) is 11.0. The number of aliphatic hydroxyl groups excluding tert-OH is 2. The van der Waals surface area contributed by atoms with Gasteiger partial charge in [0.2, 0.25) is 11.8 Å². The number of nitrogens with one attached hydrogen (secondary N) is 4. The summed E-state index contributed by atoms with van der Waals surface area (Å²) in [5, 5.41) is 65.4. The average molecular weight is 791 g/mol. The number of carboxylic acid groups (broad SMARTS) is 2. The number of aromatic carboxylic acids is 2. The van der Waals surface area contributed by atoms with Gasteiger partial charge in [-0.3, -0.25) is 19.2 Å². The zero-order chi connectivity index (χ0) is 42.8. The second kappa shape index (κ2) is 18.5. The van der Waals surface area contributed by atoms with Crippen molar-refractivity contribution < 1.29 is 49.2 Å². The van der Waals surface area contributed by atoms with E-state index in [2.05, 4.69) is 41.7 Å². The lowest BCUT2D eigenvalue weighted by Gasteiger charge is -2.13. The van der Waals surface area contributed by atoms with Crippen molar-refractivity contribution in [3.8, 4) is 11.1 Å². The Labute approximate surface area is 330 Å². The first-order valence-corrected chi connectivity index (χ1v) is 17.1. The van der Waals surface area contributed by atoms with E-state index in [9.17, 15) is 49.2 Å². The molecule has 4 amide bonds. The molecular weight excluding hydrogens is 752 g/mol. The van der Waals surface area contributed by atoms with Crippen LogP contribution >= 0.6 is 0 Å². The molecule has 0 atom stereocenters. The zero-order valence-electron chi connectivity index (χ0n) is 32.0. The molecule has 4 rings (SSSR count). The fourth-order valence-electron chi connectivity index (χ4n) is 5.25. The molecule has 0 spiro atoms. The number of benzene rings is 4. The molecule has 0 radical (unpaired) electrons. The third-order valence-electron chi connectivity index (χ3n) is 8.01. The standard InChI is InChI=1S/C40H38N8O10/c1-19-15-25(7-11-31(19)43-37(53)35(21(3)49)47-45-33-13-9-27(41-23(5)51)17-29(33)39(55)56)26-8-12-32(20(2)16-26)44-38(54)36(22(4)50)48-46-34-14-10-28(42-24(6)52)18-30(34)40(57)58/h7-18,49-50H,1-6H3,(H,41,51)(H,42,52)(H,43,53)(H,44,54)(H,55,56)(H,57,58). The van der Waals surface area contributed by atoms with E-state index in [-0.39, 0.29) is 33.9 Å². The Morgan fingerprint density at radius 1 is 0.483 bits per heavy atom. The van der Waals surface area contributed by atoms with Crippen molar-refractivity contribution in [3.63, 3.8) is 0 Å². The van der Waals surface area contributed by atoms with Gasteiger partial charge in [-0.25, -0.2) is 9.59 Å². The minimum absolute atomic E-state index is 0.125. The molecule has 0 saturated carbocycles. The van der Waals surface area contributed by atoms with Crippen LogP contribution in [0.25, 0.3) is 11.1 Å². The van der Waals surface area contributed by atoms with Gasteiger partial charge in [-0.15, -0.1) is 20.5 Å². The second-order valence-corrected chi connectivity index (χ2v) is 12.7. The van der Waals surface area contributed by atoms with Crippen molar-refractivity contribution in [2.24, 2.45) is 20.5 Å². The van der Waals surface area contributed by atoms with Gasteiger partial charge in [-0.1, -0.05) is 12.1 Å². The van der Waals surface area contributed by atoms with Crippen LogP contribution in [-0.2, 0) is 19.2 Å². The number of azo groups is 2. The summed E-state index contributed by atoms with van der Waals surface area (Å²) in [6.07, 6.45) is 0. The number of aliphatic hydroxyl groups is 2. The molecule has 0 fully saturated rings. The molecule has 0 unspecified atom stereocenters. The smallest absolute Gasteiger partial charge is 0.338 e. The lowest BCUT2D eigenvalue weighted by molar-refractivity contribution is -0.115. The molecular formula is C40H38N8O10. The Morgan fingerprint density at radius 3 is 1.14 bits per heavy atom. The number of amides is 4. The van der Waals surface area contributed by atoms with E-state index >= 15 is 0 Å². The van der Waals surface area contributed by atoms with Crippen molar-refractivity contribution in [2.75, 3.05) is 21.3 Å². The van der Waals surface area contributed by atoms with E-state index in [0.717, 1.165) is 11.1 Å². The van der Waals surface area contributed by atoms with Crippen molar-refractivity contribution >= 4 is 69.7 Å². The summed E-state index contributed by atoms with van der Waals surface area (Å²) < 4.78 is 0. The number of rotatable bonds is 13. The number of hydrogen-bond donors (Lipinski definition) is 8. The van der Waals surface area contributed by atoms with E-state index in [1.54, 1.807) is 50.2 Å². The summed E-state index contributed by atoms with van der Waals surface area (Å²) in [5.74, 6) is -6.13. The highest BCUT2D eigenvalue weighted by molar-refractivity contribution is 6.05. The van der Waals surface area contributed by atoms with Gasteiger partial charge in [0, 0.05) is 36.6 Å². The fraction of sp³-hybridized carbons (Fsp3) is 0.150. The van der Waals surface area contributed by atoms with Gasteiger partial charge in [0.05, 0.1) is 11.1 Å². The quantitative estimate of drug-likeness (QED) is 0.0364. The van der Waals surface area contributed by atoms with Crippen molar-refractivity contribution in [1.82, 2.24) is 0 Å². The van der Waals surface area contributed by atoms with E-state index in [4.69, 9.17) is 0 Å². The van der Waals surface area contributed by atoms with Crippen LogP contribution in [0, 0.1) is 13.8 Å². The molecule has 0 aromatic heterocycles. The Kier molecular flexibility index (Phi) is 13.7. The minimum atomic E-state index is -1.35. The maximum Gasteiger partial charge on any atom is 0.338 e. The van der Waals surface area contributed by atoms with Gasteiger partial charge < -0.3 is 41.7 Å². The molecule has 18 heteroatoms. The van der Waals surface area contributed by atoms with Crippen LogP contribution in [0.3, 0.4) is 0 Å². The summed E-state index contributed by atoms with van der Waals surface area (Å²) in [5.41, 5.74) is 2.14. The van der Waals surface area contributed by atoms with E-state index in [1.165, 1.54) is 64.1 Å². The average Bonchev–Trinajstić information content (AvgIpc) is 3.13. The van der Waals surface area contributed by atoms with Crippen LogP contribution in [0.1, 0.15) is 59.5 Å². The van der Waals surface area contributed by atoms with Gasteiger partial charge in [0.25, 0.3) is 11.8 Å². The summed E-state index contributed by atoms with van der Waals surface area (Å²) in [6.45, 7) is 8.45. The summed E-state index contributed by atoms with van der Waals surface area (Å²) >= 11 is 0. The first kappa shape index (κ1) is 42.7. The fourth-order valence-corrected chi connectivity index (χ4v) is 5.25. The molecule has 18 nitrogen and oxygen atoms in total.